The maximum Gasteiger partial charge on any atom is 0.191 e. The molecule has 1 aromatic heterocycles. The molecule has 6 heteroatoms. The number of hydrogen-bond donors (Lipinski definition) is 2. The van der Waals surface area contributed by atoms with Crippen LogP contribution in [0.5, 0.6) is 0 Å². The summed E-state index contributed by atoms with van der Waals surface area (Å²) in [4.78, 5) is 7.25. The van der Waals surface area contributed by atoms with Crippen LogP contribution in [0.1, 0.15) is 17.7 Å². The van der Waals surface area contributed by atoms with Gasteiger partial charge in [0.15, 0.2) is 5.96 Å². The summed E-state index contributed by atoms with van der Waals surface area (Å²) < 4.78 is 5.43. The molecule has 30 heavy (non-hydrogen) atoms. The minimum Gasteiger partial charge on any atom is -0.469 e. The number of benzene rings is 2. The first-order chi connectivity index (χ1) is 14.4. The zero-order valence-electron chi connectivity index (χ0n) is 17.0. The van der Waals surface area contributed by atoms with Crippen molar-refractivity contribution < 1.29 is 4.42 Å². The van der Waals surface area contributed by atoms with E-state index in [1.807, 2.05) is 18.2 Å². The number of hydrogen-bond acceptors (Lipinski definition) is 3. The molecule has 1 saturated heterocycles. The third-order valence-corrected chi connectivity index (χ3v) is 5.16. The molecule has 0 spiro atoms. The van der Waals surface area contributed by atoms with Gasteiger partial charge in [-0.3, -0.25) is 0 Å². The minimum absolute atomic E-state index is 0. The van der Waals surface area contributed by atoms with Crippen LogP contribution in [0.4, 0.5) is 5.69 Å². The van der Waals surface area contributed by atoms with E-state index < -0.39 is 0 Å². The lowest BCUT2D eigenvalue weighted by molar-refractivity contribution is 0.506. The van der Waals surface area contributed by atoms with Gasteiger partial charge < -0.3 is 20.0 Å². The van der Waals surface area contributed by atoms with Gasteiger partial charge in [0.25, 0.3) is 0 Å². The molecule has 5 nitrogen and oxygen atoms in total. The van der Waals surface area contributed by atoms with Crippen molar-refractivity contribution >= 4 is 35.6 Å². The fraction of sp³-hybridized carbons (Fsp3) is 0.292. The lowest BCUT2D eigenvalue weighted by Gasteiger charge is -2.20. The van der Waals surface area contributed by atoms with Crippen LogP contribution in [-0.4, -0.2) is 31.6 Å². The number of nitrogens with one attached hydrogen (secondary N) is 2. The normalized spacial score (nSPS) is 16.2. The van der Waals surface area contributed by atoms with Crippen molar-refractivity contribution in [1.29, 1.82) is 0 Å². The molecule has 1 aliphatic rings. The molecule has 0 amide bonds. The Morgan fingerprint density at radius 1 is 1.00 bits per heavy atom. The quantitative estimate of drug-likeness (QED) is 0.277. The van der Waals surface area contributed by atoms with E-state index >= 15 is 0 Å². The first-order valence-electron chi connectivity index (χ1n) is 10.3. The van der Waals surface area contributed by atoms with Gasteiger partial charge in [-0.2, -0.15) is 0 Å². The predicted octanol–water partition coefficient (Wildman–Crippen LogP) is 4.45. The summed E-state index contributed by atoms with van der Waals surface area (Å²) >= 11 is 0. The number of anilines is 1. The van der Waals surface area contributed by atoms with E-state index in [1.165, 1.54) is 11.3 Å². The SMILES string of the molecule is I.c1ccc(CN=C(NCCc2ccco2)NC2CCN(c3ccccc3)C2)cc1. The Morgan fingerprint density at radius 3 is 2.50 bits per heavy atom. The smallest absolute Gasteiger partial charge is 0.191 e. The Bertz CT molecular complexity index is 884. The Labute approximate surface area is 195 Å². The highest BCUT2D eigenvalue weighted by Gasteiger charge is 2.23. The van der Waals surface area contributed by atoms with Crippen LogP contribution >= 0.6 is 24.0 Å². The molecule has 0 bridgehead atoms. The van der Waals surface area contributed by atoms with Gasteiger partial charge in [-0.1, -0.05) is 48.5 Å². The van der Waals surface area contributed by atoms with Crippen LogP contribution in [0.25, 0.3) is 0 Å². The number of aliphatic imine (C=N–C) groups is 1. The number of para-hydroxylation sites is 1. The fourth-order valence-electron chi connectivity index (χ4n) is 3.61. The molecule has 3 aromatic rings. The average Bonchev–Trinajstić information content (AvgIpc) is 3.46. The topological polar surface area (TPSA) is 52.8 Å². The molecule has 1 atom stereocenters. The Kier molecular flexibility index (Phi) is 8.62. The van der Waals surface area contributed by atoms with E-state index in [0.717, 1.165) is 44.2 Å². The Hall–Kier alpha value is -2.48. The van der Waals surface area contributed by atoms with Crippen LogP contribution < -0.4 is 15.5 Å². The van der Waals surface area contributed by atoms with Gasteiger partial charge in [0.1, 0.15) is 5.76 Å². The Morgan fingerprint density at radius 2 is 1.77 bits per heavy atom. The number of rotatable bonds is 7. The summed E-state index contributed by atoms with van der Waals surface area (Å²) in [5.41, 5.74) is 2.49. The van der Waals surface area contributed by atoms with Gasteiger partial charge in [-0.25, -0.2) is 4.99 Å². The molecular weight excluding hydrogens is 487 g/mol. The van der Waals surface area contributed by atoms with E-state index in [1.54, 1.807) is 6.26 Å². The van der Waals surface area contributed by atoms with Crippen LogP contribution in [-0.2, 0) is 13.0 Å². The van der Waals surface area contributed by atoms with Gasteiger partial charge in [-0.15, -0.1) is 24.0 Å². The maximum absolute atomic E-state index is 5.43. The summed E-state index contributed by atoms with van der Waals surface area (Å²) in [7, 11) is 0. The summed E-state index contributed by atoms with van der Waals surface area (Å²) in [5.74, 6) is 1.84. The van der Waals surface area contributed by atoms with E-state index in [0.29, 0.717) is 12.6 Å². The molecule has 0 aliphatic carbocycles. The lowest BCUT2D eigenvalue weighted by atomic mass is 10.2. The van der Waals surface area contributed by atoms with E-state index in [4.69, 9.17) is 9.41 Å². The Balaban J connectivity index is 0.00000256. The van der Waals surface area contributed by atoms with Crippen molar-refractivity contribution in [3.63, 3.8) is 0 Å². The second-order valence-corrected chi connectivity index (χ2v) is 7.32. The monoisotopic (exact) mass is 516 g/mol. The molecule has 1 aliphatic heterocycles. The fourth-order valence-corrected chi connectivity index (χ4v) is 3.61. The maximum atomic E-state index is 5.43. The standard InChI is InChI=1S/C24H28N4O.HI/c1-3-8-20(9-4-1)18-26-24(25-15-13-23-12-7-17-29-23)27-21-14-16-28(19-21)22-10-5-2-6-11-22;/h1-12,17,21H,13-16,18-19H2,(H2,25,26,27);1H. The first kappa shape index (κ1) is 22.2. The molecule has 158 valence electrons. The zero-order valence-corrected chi connectivity index (χ0v) is 19.4. The molecule has 2 aromatic carbocycles. The summed E-state index contributed by atoms with van der Waals surface area (Å²) in [6, 6.07) is 25.3. The van der Waals surface area contributed by atoms with Gasteiger partial charge >= 0.3 is 0 Å². The van der Waals surface area contributed by atoms with Gasteiger partial charge in [0.2, 0.25) is 0 Å². The molecule has 1 fully saturated rings. The molecule has 2 N–H and O–H groups in total. The molecule has 0 saturated carbocycles. The second-order valence-electron chi connectivity index (χ2n) is 7.32. The molecule has 4 rings (SSSR count). The van der Waals surface area contributed by atoms with Crippen LogP contribution in [0, 0.1) is 0 Å². The lowest BCUT2D eigenvalue weighted by Crippen LogP contribution is -2.45. The first-order valence-corrected chi connectivity index (χ1v) is 10.3. The third kappa shape index (κ3) is 6.52. The van der Waals surface area contributed by atoms with E-state index in [9.17, 15) is 0 Å². The van der Waals surface area contributed by atoms with Crippen LogP contribution in [0.3, 0.4) is 0 Å². The highest BCUT2D eigenvalue weighted by molar-refractivity contribution is 14.0. The van der Waals surface area contributed by atoms with Crippen molar-refractivity contribution in [2.45, 2.75) is 25.4 Å². The number of nitrogens with zero attached hydrogens (tertiary/aromatic N) is 2. The highest BCUT2D eigenvalue weighted by Crippen LogP contribution is 2.19. The van der Waals surface area contributed by atoms with Gasteiger partial charge in [0, 0.05) is 37.8 Å². The summed E-state index contributed by atoms with van der Waals surface area (Å²) in [6.07, 6.45) is 3.65. The zero-order chi connectivity index (χ0) is 19.7. The van der Waals surface area contributed by atoms with Crippen LogP contribution in [0.2, 0.25) is 0 Å². The van der Waals surface area contributed by atoms with E-state index in [2.05, 4.69) is 70.1 Å². The number of guanidine groups is 1. The number of halogens is 1. The van der Waals surface area contributed by atoms with Gasteiger partial charge in [-0.05, 0) is 36.2 Å². The van der Waals surface area contributed by atoms with Crippen molar-refractivity contribution in [3.05, 3.63) is 90.4 Å². The van der Waals surface area contributed by atoms with Crippen LogP contribution in [0.15, 0.2) is 88.5 Å². The third-order valence-electron chi connectivity index (χ3n) is 5.16. The summed E-state index contributed by atoms with van der Waals surface area (Å²) in [5, 5.41) is 7.10. The number of furan rings is 1. The van der Waals surface area contributed by atoms with Crippen molar-refractivity contribution in [1.82, 2.24) is 10.6 Å². The van der Waals surface area contributed by atoms with Crippen molar-refractivity contribution in [2.75, 3.05) is 24.5 Å². The van der Waals surface area contributed by atoms with Crippen molar-refractivity contribution in [2.24, 2.45) is 4.99 Å². The predicted molar refractivity (Wildman–Crippen MR) is 134 cm³/mol. The molecular formula is C24H29IN4O. The molecule has 0 radical (unpaired) electrons. The largest absolute Gasteiger partial charge is 0.469 e. The summed E-state index contributed by atoms with van der Waals surface area (Å²) in [6.45, 7) is 3.48. The van der Waals surface area contributed by atoms with Gasteiger partial charge in [0.05, 0.1) is 12.8 Å². The highest BCUT2D eigenvalue weighted by atomic mass is 127. The second kappa shape index (κ2) is 11.6. The van der Waals surface area contributed by atoms with E-state index in [-0.39, 0.29) is 24.0 Å². The average molecular weight is 516 g/mol. The molecule has 2 heterocycles. The minimum atomic E-state index is 0. The molecule has 1 unspecified atom stereocenters. The van der Waals surface area contributed by atoms with Crippen molar-refractivity contribution in [3.8, 4) is 0 Å².